The van der Waals surface area contributed by atoms with E-state index in [1.54, 1.807) is 36.4 Å². The highest BCUT2D eigenvalue weighted by atomic mass is 16.5. The number of amides is 2. The fraction of sp³-hybridized carbons (Fsp3) is 0.200. The van der Waals surface area contributed by atoms with Crippen LogP contribution in [0.25, 0.3) is 0 Å². The van der Waals surface area contributed by atoms with E-state index < -0.39 is 0 Å². The number of nitrogens with one attached hydrogen (secondary N) is 2. The lowest BCUT2D eigenvalue weighted by atomic mass is 10.0. The molecule has 5 nitrogen and oxygen atoms in total. The number of carbonyl (C=O) groups excluding carboxylic acids is 2. The molecular formula is C25H26N2O3. The van der Waals surface area contributed by atoms with Gasteiger partial charge < -0.3 is 15.4 Å². The van der Waals surface area contributed by atoms with Crippen LogP contribution >= 0.6 is 0 Å². The highest BCUT2D eigenvalue weighted by molar-refractivity contribution is 6.04. The Morgan fingerprint density at radius 2 is 1.47 bits per heavy atom. The van der Waals surface area contributed by atoms with E-state index in [1.165, 1.54) is 0 Å². The van der Waals surface area contributed by atoms with Crippen molar-refractivity contribution < 1.29 is 14.3 Å². The van der Waals surface area contributed by atoms with E-state index in [1.807, 2.05) is 36.4 Å². The fourth-order valence-corrected chi connectivity index (χ4v) is 3.18. The molecule has 0 aliphatic heterocycles. The van der Waals surface area contributed by atoms with Crippen LogP contribution in [0.4, 0.5) is 11.4 Å². The average Bonchev–Trinajstić information content (AvgIpc) is 2.78. The van der Waals surface area contributed by atoms with Gasteiger partial charge in [-0.05, 0) is 48.2 Å². The number of para-hydroxylation sites is 1. The zero-order valence-electron chi connectivity index (χ0n) is 17.3. The van der Waals surface area contributed by atoms with E-state index in [0.29, 0.717) is 17.0 Å². The number of rotatable bonds is 8. The van der Waals surface area contributed by atoms with Crippen LogP contribution in [0.2, 0.25) is 0 Å². The summed E-state index contributed by atoms with van der Waals surface area (Å²) in [7, 11) is 0. The van der Waals surface area contributed by atoms with Crippen LogP contribution in [0.15, 0.2) is 72.8 Å². The predicted molar refractivity (Wildman–Crippen MR) is 120 cm³/mol. The van der Waals surface area contributed by atoms with Crippen LogP contribution in [0.5, 0.6) is 5.75 Å². The lowest BCUT2D eigenvalue weighted by Gasteiger charge is -2.15. The lowest BCUT2D eigenvalue weighted by Crippen LogP contribution is -2.22. The summed E-state index contributed by atoms with van der Waals surface area (Å²) >= 11 is 0. The molecule has 0 saturated heterocycles. The van der Waals surface area contributed by atoms with Crippen LogP contribution in [0.3, 0.4) is 0 Å². The van der Waals surface area contributed by atoms with E-state index in [-0.39, 0.29) is 18.4 Å². The van der Waals surface area contributed by atoms with Crippen molar-refractivity contribution in [2.24, 2.45) is 0 Å². The fourth-order valence-electron chi connectivity index (χ4n) is 3.18. The van der Waals surface area contributed by atoms with E-state index in [4.69, 9.17) is 4.74 Å². The summed E-state index contributed by atoms with van der Waals surface area (Å²) in [4.78, 5) is 24.8. The summed E-state index contributed by atoms with van der Waals surface area (Å²) < 4.78 is 5.65. The molecule has 3 rings (SSSR count). The number of anilines is 2. The zero-order chi connectivity index (χ0) is 21.3. The van der Waals surface area contributed by atoms with Crippen molar-refractivity contribution in [3.05, 3.63) is 89.5 Å². The minimum absolute atomic E-state index is 0.114. The summed E-state index contributed by atoms with van der Waals surface area (Å²) in [6, 6.07) is 22.0. The maximum atomic E-state index is 12.5. The smallest absolute Gasteiger partial charge is 0.262 e. The van der Waals surface area contributed by atoms with Gasteiger partial charge in [-0.2, -0.15) is 0 Å². The van der Waals surface area contributed by atoms with Gasteiger partial charge >= 0.3 is 0 Å². The molecule has 0 aliphatic rings. The normalized spacial score (nSPS) is 10.3. The summed E-state index contributed by atoms with van der Waals surface area (Å²) in [6.45, 7) is 4.02. The van der Waals surface area contributed by atoms with E-state index in [9.17, 15) is 9.59 Å². The second-order valence-electron chi connectivity index (χ2n) is 6.84. The third-order valence-electron chi connectivity index (χ3n) is 4.76. The third-order valence-corrected chi connectivity index (χ3v) is 4.76. The van der Waals surface area contributed by atoms with Crippen molar-refractivity contribution in [2.75, 3.05) is 17.2 Å². The monoisotopic (exact) mass is 402 g/mol. The van der Waals surface area contributed by atoms with Gasteiger partial charge in [0.2, 0.25) is 0 Å². The second kappa shape index (κ2) is 10.3. The van der Waals surface area contributed by atoms with Gasteiger partial charge in [0.05, 0.1) is 0 Å². The molecule has 0 unspecified atom stereocenters. The van der Waals surface area contributed by atoms with Gasteiger partial charge in [0.1, 0.15) is 5.75 Å². The molecule has 0 heterocycles. The quantitative estimate of drug-likeness (QED) is 0.552. The van der Waals surface area contributed by atoms with Crippen LogP contribution in [0, 0.1) is 0 Å². The Hall–Kier alpha value is -3.60. The topological polar surface area (TPSA) is 67.4 Å². The Morgan fingerprint density at radius 3 is 2.13 bits per heavy atom. The summed E-state index contributed by atoms with van der Waals surface area (Å²) in [5.74, 6) is 0.0913. The molecule has 2 N–H and O–H groups in total. The molecule has 0 fully saturated rings. The first-order chi connectivity index (χ1) is 14.6. The first-order valence-corrected chi connectivity index (χ1v) is 10.1. The Balaban J connectivity index is 1.61. The number of aryl methyl sites for hydroxylation is 2. The van der Waals surface area contributed by atoms with Gasteiger partial charge in [-0.1, -0.05) is 56.3 Å². The number of ether oxygens (including phenoxy) is 1. The van der Waals surface area contributed by atoms with Crippen LogP contribution < -0.4 is 15.4 Å². The van der Waals surface area contributed by atoms with Gasteiger partial charge in [-0.25, -0.2) is 0 Å². The standard InChI is InChI=1S/C25H26N2O3/c1-3-18-12-8-13-19(4-2)24(18)27-23(28)17-30-22-15-9-14-21(16-22)26-25(29)20-10-6-5-7-11-20/h5-16H,3-4,17H2,1-2H3,(H,26,29)(H,27,28). The van der Waals surface area contributed by atoms with Crippen LogP contribution in [-0.4, -0.2) is 18.4 Å². The number of hydrogen-bond donors (Lipinski definition) is 2. The Kier molecular flexibility index (Phi) is 7.22. The largest absolute Gasteiger partial charge is 0.484 e. The average molecular weight is 402 g/mol. The van der Waals surface area contributed by atoms with Crippen molar-refractivity contribution >= 4 is 23.2 Å². The number of benzene rings is 3. The molecule has 30 heavy (non-hydrogen) atoms. The van der Waals surface area contributed by atoms with Crippen molar-refractivity contribution in [1.29, 1.82) is 0 Å². The molecule has 0 bridgehead atoms. The Morgan fingerprint density at radius 1 is 0.800 bits per heavy atom. The first-order valence-electron chi connectivity index (χ1n) is 10.1. The molecule has 0 aliphatic carbocycles. The molecule has 0 spiro atoms. The summed E-state index contributed by atoms with van der Waals surface area (Å²) in [5, 5.41) is 5.82. The predicted octanol–water partition coefficient (Wildman–Crippen LogP) is 5.08. The molecule has 0 aromatic heterocycles. The van der Waals surface area contributed by atoms with Crippen LogP contribution in [-0.2, 0) is 17.6 Å². The zero-order valence-corrected chi connectivity index (χ0v) is 17.3. The van der Waals surface area contributed by atoms with Gasteiger partial charge in [-0.15, -0.1) is 0 Å². The minimum atomic E-state index is -0.218. The lowest BCUT2D eigenvalue weighted by molar-refractivity contribution is -0.118. The molecule has 0 atom stereocenters. The van der Waals surface area contributed by atoms with Crippen LogP contribution in [0.1, 0.15) is 35.3 Å². The molecule has 154 valence electrons. The number of carbonyl (C=O) groups is 2. The molecule has 3 aromatic carbocycles. The van der Waals surface area contributed by atoms with Gasteiger partial charge in [0.25, 0.3) is 11.8 Å². The van der Waals surface area contributed by atoms with E-state index in [0.717, 1.165) is 29.7 Å². The first kappa shape index (κ1) is 21.1. The maximum Gasteiger partial charge on any atom is 0.262 e. The molecule has 3 aromatic rings. The highest BCUT2D eigenvalue weighted by Gasteiger charge is 2.11. The minimum Gasteiger partial charge on any atom is -0.484 e. The van der Waals surface area contributed by atoms with Crippen molar-refractivity contribution in [2.45, 2.75) is 26.7 Å². The SMILES string of the molecule is CCc1cccc(CC)c1NC(=O)COc1cccc(NC(=O)c2ccccc2)c1. The highest BCUT2D eigenvalue weighted by Crippen LogP contribution is 2.23. The van der Waals surface area contributed by atoms with Gasteiger partial charge in [-0.3, -0.25) is 9.59 Å². The van der Waals surface area contributed by atoms with Gasteiger partial charge in [0, 0.05) is 23.0 Å². The van der Waals surface area contributed by atoms with E-state index in [2.05, 4.69) is 24.5 Å². The number of hydrogen-bond acceptors (Lipinski definition) is 3. The van der Waals surface area contributed by atoms with Gasteiger partial charge in [0.15, 0.2) is 6.61 Å². The third kappa shape index (κ3) is 5.47. The second-order valence-corrected chi connectivity index (χ2v) is 6.84. The van der Waals surface area contributed by atoms with Crippen molar-refractivity contribution in [3.8, 4) is 5.75 Å². The maximum absolute atomic E-state index is 12.5. The van der Waals surface area contributed by atoms with E-state index >= 15 is 0 Å². The summed E-state index contributed by atoms with van der Waals surface area (Å²) in [6.07, 6.45) is 1.68. The van der Waals surface area contributed by atoms with Crippen molar-refractivity contribution in [3.63, 3.8) is 0 Å². The summed E-state index contributed by atoms with van der Waals surface area (Å²) in [5.41, 5.74) is 4.26. The van der Waals surface area contributed by atoms with Crippen molar-refractivity contribution in [1.82, 2.24) is 0 Å². The molecule has 0 radical (unpaired) electrons. The molecule has 5 heteroatoms. The Bertz CT molecular complexity index is 994. The molecule has 2 amide bonds. The molecular weight excluding hydrogens is 376 g/mol. The molecule has 0 saturated carbocycles. The Labute approximate surface area is 177 Å².